The Hall–Kier alpha value is -1.85. The fourth-order valence-corrected chi connectivity index (χ4v) is 3.08. The second-order valence-electron chi connectivity index (χ2n) is 6.96. The summed E-state index contributed by atoms with van der Waals surface area (Å²) < 4.78 is 18.1. The molecule has 0 aliphatic carbocycles. The first-order valence-corrected chi connectivity index (χ1v) is 10.1. The molecule has 0 saturated carbocycles. The van der Waals surface area contributed by atoms with Crippen molar-refractivity contribution in [2.75, 3.05) is 47.1 Å². The Labute approximate surface area is 195 Å². The molecule has 9 heteroatoms. The normalized spacial score (nSPS) is 16.2. The molecule has 0 radical (unpaired) electrons. The average Bonchev–Trinajstić information content (AvgIpc) is 3.45. The van der Waals surface area contributed by atoms with Crippen LogP contribution >= 0.6 is 24.0 Å². The number of ether oxygens (including phenoxy) is 3. The number of aromatic nitrogens is 2. The van der Waals surface area contributed by atoms with Crippen LogP contribution < -0.4 is 15.4 Å². The highest BCUT2D eigenvalue weighted by Gasteiger charge is 2.15. The SMILES string of the molecule is CN=C(NCCCOCC1CCOC1)NCc1ccn(-c2ccc(OC)cc2)n1.I. The molecular formula is C21H32IN5O3. The Balaban J connectivity index is 0.00000320. The highest BCUT2D eigenvalue weighted by atomic mass is 127. The first-order chi connectivity index (χ1) is 14.3. The van der Waals surface area contributed by atoms with Crippen LogP contribution in [0.5, 0.6) is 5.75 Å². The Morgan fingerprint density at radius 3 is 2.80 bits per heavy atom. The monoisotopic (exact) mass is 529 g/mol. The number of benzene rings is 1. The summed E-state index contributed by atoms with van der Waals surface area (Å²) >= 11 is 0. The van der Waals surface area contributed by atoms with Crippen molar-refractivity contribution in [3.05, 3.63) is 42.2 Å². The van der Waals surface area contributed by atoms with Crippen LogP contribution in [0.15, 0.2) is 41.5 Å². The zero-order valence-corrected chi connectivity index (χ0v) is 20.0. The summed E-state index contributed by atoms with van der Waals surface area (Å²) in [7, 11) is 3.43. The first-order valence-electron chi connectivity index (χ1n) is 10.1. The molecule has 1 unspecified atom stereocenters. The summed E-state index contributed by atoms with van der Waals surface area (Å²) in [6, 6.07) is 9.79. The van der Waals surface area contributed by atoms with Crippen LogP contribution in [0.2, 0.25) is 0 Å². The first kappa shape index (κ1) is 24.4. The number of hydrogen-bond donors (Lipinski definition) is 2. The van der Waals surface area contributed by atoms with Gasteiger partial charge in [-0.2, -0.15) is 5.10 Å². The minimum Gasteiger partial charge on any atom is -0.497 e. The van der Waals surface area contributed by atoms with E-state index in [1.165, 1.54) is 0 Å². The van der Waals surface area contributed by atoms with Crippen LogP contribution in [0.3, 0.4) is 0 Å². The molecule has 166 valence electrons. The fraction of sp³-hybridized carbons (Fsp3) is 0.524. The third-order valence-electron chi connectivity index (χ3n) is 4.78. The number of hydrogen-bond acceptors (Lipinski definition) is 5. The Kier molecular flexibility index (Phi) is 11.0. The summed E-state index contributed by atoms with van der Waals surface area (Å²) in [6.45, 7) is 4.65. The van der Waals surface area contributed by atoms with Crippen molar-refractivity contribution >= 4 is 29.9 Å². The van der Waals surface area contributed by atoms with E-state index in [4.69, 9.17) is 14.2 Å². The predicted molar refractivity (Wildman–Crippen MR) is 128 cm³/mol. The van der Waals surface area contributed by atoms with Gasteiger partial charge in [-0.05, 0) is 43.2 Å². The molecule has 8 nitrogen and oxygen atoms in total. The lowest BCUT2D eigenvalue weighted by atomic mass is 10.1. The summed E-state index contributed by atoms with van der Waals surface area (Å²) in [4.78, 5) is 4.26. The van der Waals surface area contributed by atoms with E-state index in [1.807, 2.05) is 41.2 Å². The van der Waals surface area contributed by atoms with Crippen LogP contribution in [0.4, 0.5) is 0 Å². The molecule has 0 bridgehead atoms. The average molecular weight is 529 g/mol. The molecule has 1 aromatic carbocycles. The third kappa shape index (κ3) is 7.77. The van der Waals surface area contributed by atoms with Crippen molar-refractivity contribution in [3.63, 3.8) is 0 Å². The van der Waals surface area contributed by atoms with Gasteiger partial charge in [0, 0.05) is 38.9 Å². The van der Waals surface area contributed by atoms with Gasteiger partial charge in [0.1, 0.15) is 5.75 Å². The molecule has 1 saturated heterocycles. The van der Waals surface area contributed by atoms with Crippen LogP contribution in [0.1, 0.15) is 18.5 Å². The Bertz CT molecular complexity index is 760. The van der Waals surface area contributed by atoms with Crippen LogP contribution in [0, 0.1) is 5.92 Å². The standard InChI is InChI=1S/C21H31N5O3.HI/c1-22-21(23-10-3-12-28-15-17-9-13-29-16-17)24-14-18-8-11-26(25-18)19-4-6-20(27-2)7-5-19;/h4-8,11,17H,3,9-10,12-16H2,1-2H3,(H2,22,23,24);1H. The zero-order chi connectivity index (χ0) is 20.3. The quantitative estimate of drug-likeness (QED) is 0.213. The minimum atomic E-state index is 0. The molecule has 2 N–H and O–H groups in total. The van der Waals surface area contributed by atoms with Crippen molar-refractivity contribution in [2.45, 2.75) is 19.4 Å². The van der Waals surface area contributed by atoms with Gasteiger partial charge in [-0.3, -0.25) is 4.99 Å². The molecule has 1 atom stereocenters. The second-order valence-corrected chi connectivity index (χ2v) is 6.96. The van der Waals surface area contributed by atoms with Gasteiger partial charge in [0.05, 0.1) is 38.2 Å². The summed E-state index contributed by atoms with van der Waals surface area (Å²) in [5.41, 5.74) is 1.93. The summed E-state index contributed by atoms with van der Waals surface area (Å²) in [6.07, 6.45) is 3.99. The molecule has 0 amide bonds. The topological polar surface area (TPSA) is 81.9 Å². The number of nitrogens with zero attached hydrogens (tertiary/aromatic N) is 3. The number of halogens is 1. The van der Waals surface area contributed by atoms with Crippen LogP contribution in [0.25, 0.3) is 5.69 Å². The number of nitrogens with one attached hydrogen (secondary N) is 2. The van der Waals surface area contributed by atoms with Gasteiger partial charge >= 0.3 is 0 Å². The second kappa shape index (κ2) is 13.5. The van der Waals surface area contributed by atoms with E-state index in [9.17, 15) is 0 Å². The molecule has 3 rings (SSSR count). The van der Waals surface area contributed by atoms with Crippen molar-refractivity contribution in [2.24, 2.45) is 10.9 Å². The van der Waals surface area contributed by atoms with Gasteiger partial charge < -0.3 is 24.8 Å². The molecule has 2 aromatic rings. The minimum absolute atomic E-state index is 0. The van der Waals surface area contributed by atoms with E-state index in [0.717, 1.165) is 68.9 Å². The van der Waals surface area contributed by atoms with Gasteiger partial charge in [0.15, 0.2) is 5.96 Å². The van der Waals surface area contributed by atoms with Crippen molar-refractivity contribution in [3.8, 4) is 11.4 Å². The smallest absolute Gasteiger partial charge is 0.191 e. The number of guanidine groups is 1. The maximum Gasteiger partial charge on any atom is 0.191 e. The van der Waals surface area contributed by atoms with E-state index in [0.29, 0.717) is 12.5 Å². The third-order valence-corrected chi connectivity index (χ3v) is 4.78. The molecule has 30 heavy (non-hydrogen) atoms. The van der Waals surface area contributed by atoms with E-state index in [1.54, 1.807) is 14.2 Å². The van der Waals surface area contributed by atoms with E-state index < -0.39 is 0 Å². The Morgan fingerprint density at radius 2 is 2.10 bits per heavy atom. The molecule has 1 aliphatic heterocycles. The number of rotatable bonds is 10. The van der Waals surface area contributed by atoms with Crippen molar-refractivity contribution in [1.82, 2.24) is 20.4 Å². The molecule has 1 fully saturated rings. The van der Waals surface area contributed by atoms with Gasteiger partial charge in [-0.1, -0.05) is 0 Å². The predicted octanol–water partition coefficient (Wildman–Crippen LogP) is 2.61. The highest BCUT2D eigenvalue weighted by molar-refractivity contribution is 14.0. The summed E-state index contributed by atoms with van der Waals surface area (Å²) in [5.74, 6) is 2.15. The lowest BCUT2D eigenvalue weighted by Gasteiger charge is -2.12. The fourth-order valence-electron chi connectivity index (χ4n) is 3.08. The maximum absolute atomic E-state index is 5.72. The van der Waals surface area contributed by atoms with Crippen molar-refractivity contribution < 1.29 is 14.2 Å². The van der Waals surface area contributed by atoms with E-state index in [2.05, 4.69) is 20.7 Å². The highest BCUT2D eigenvalue weighted by Crippen LogP contribution is 2.14. The maximum atomic E-state index is 5.72. The van der Waals surface area contributed by atoms with Gasteiger partial charge in [-0.25, -0.2) is 4.68 Å². The van der Waals surface area contributed by atoms with E-state index in [-0.39, 0.29) is 24.0 Å². The molecule has 1 aliphatic rings. The number of aliphatic imine (C=N–C) groups is 1. The Morgan fingerprint density at radius 1 is 1.27 bits per heavy atom. The molecular weight excluding hydrogens is 497 g/mol. The molecule has 1 aromatic heterocycles. The number of methoxy groups -OCH3 is 1. The molecule has 0 spiro atoms. The summed E-state index contributed by atoms with van der Waals surface area (Å²) in [5, 5.41) is 11.2. The molecule has 2 heterocycles. The van der Waals surface area contributed by atoms with E-state index >= 15 is 0 Å². The van der Waals surface area contributed by atoms with Crippen LogP contribution in [-0.4, -0.2) is 62.9 Å². The van der Waals surface area contributed by atoms with Gasteiger partial charge in [-0.15, -0.1) is 24.0 Å². The lowest BCUT2D eigenvalue weighted by Crippen LogP contribution is -2.37. The lowest BCUT2D eigenvalue weighted by molar-refractivity contribution is 0.0888. The largest absolute Gasteiger partial charge is 0.497 e. The van der Waals surface area contributed by atoms with Crippen LogP contribution in [-0.2, 0) is 16.0 Å². The zero-order valence-electron chi connectivity index (χ0n) is 17.7. The van der Waals surface area contributed by atoms with Crippen molar-refractivity contribution in [1.29, 1.82) is 0 Å². The van der Waals surface area contributed by atoms with Gasteiger partial charge in [0.2, 0.25) is 0 Å². The van der Waals surface area contributed by atoms with Gasteiger partial charge in [0.25, 0.3) is 0 Å².